The Kier molecular flexibility index (Phi) is 5.43. The number of hydrogen-bond acceptors (Lipinski definition) is 3. The van der Waals surface area contributed by atoms with Gasteiger partial charge in [0.05, 0.1) is 17.0 Å². The Balaban J connectivity index is 1.72. The Labute approximate surface area is 206 Å². The average Bonchev–Trinajstić information content (AvgIpc) is 3.06. The monoisotopic (exact) mass is 465 g/mol. The minimum absolute atomic E-state index is 0.00766. The summed E-state index contributed by atoms with van der Waals surface area (Å²) < 4.78 is 6.18. The van der Waals surface area contributed by atoms with Crippen molar-refractivity contribution >= 4 is 16.9 Å². The summed E-state index contributed by atoms with van der Waals surface area (Å²) in [6.45, 7) is 12.8. The van der Waals surface area contributed by atoms with E-state index in [4.69, 9.17) is 4.42 Å². The third-order valence-electron chi connectivity index (χ3n) is 6.98. The van der Waals surface area contributed by atoms with E-state index in [0.29, 0.717) is 23.1 Å². The van der Waals surface area contributed by atoms with E-state index in [-0.39, 0.29) is 22.5 Å². The summed E-state index contributed by atoms with van der Waals surface area (Å²) in [6.07, 6.45) is 0. The molecule has 1 aliphatic rings. The molecular formula is C31H31NO3. The summed E-state index contributed by atoms with van der Waals surface area (Å²) in [5, 5.41) is 0.552. The van der Waals surface area contributed by atoms with E-state index in [2.05, 4.69) is 32.9 Å². The maximum atomic E-state index is 13.9. The molecule has 5 rings (SSSR count). The largest absolute Gasteiger partial charge is 0.450 e. The number of nitrogens with zero attached hydrogens (tertiary/aromatic N) is 1. The molecule has 1 unspecified atom stereocenters. The van der Waals surface area contributed by atoms with Crippen molar-refractivity contribution in [1.82, 2.24) is 4.90 Å². The van der Waals surface area contributed by atoms with Crippen molar-refractivity contribution in [2.75, 3.05) is 0 Å². The summed E-state index contributed by atoms with van der Waals surface area (Å²) in [5.41, 5.74) is 6.93. The van der Waals surface area contributed by atoms with E-state index in [0.717, 1.165) is 27.8 Å². The number of rotatable bonds is 3. The first-order chi connectivity index (χ1) is 16.5. The van der Waals surface area contributed by atoms with Gasteiger partial charge in [0.2, 0.25) is 5.76 Å². The molecule has 0 N–H and O–H groups in total. The van der Waals surface area contributed by atoms with Crippen molar-refractivity contribution in [3.63, 3.8) is 0 Å². The highest BCUT2D eigenvalue weighted by molar-refractivity contribution is 5.99. The van der Waals surface area contributed by atoms with Crippen LogP contribution in [-0.2, 0) is 12.0 Å². The second-order valence-corrected chi connectivity index (χ2v) is 10.8. The molecular weight excluding hydrogens is 434 g/mol. The molecule has 3 aromatic carbocycles. The lowest BCUT2D eigenvalue weighted by Gasteiger charge is -2.26. The van der Waals surface area contributed by atoms with Crippen molar-refractivity contribution in [3.8, 4) is 0 Å². The van der Waals surface area contributed by atoms with Crippen LogP contribution in [0.25, 0.3) is 11.0 Å². The van der Waals surface area contributed by atoms with Crippen LogP contribution < -0.4 is 5.43 Å². The minimum Gasteiger partial charge on any atom is -0.450 e. The van der Waals surface area contributed by atoms with Gasteiger partial charge in [-0.25, -0.2) is 0 Å². The lowest BCUT2D eigenvalue weighted by molar-refractivity contribution is 0.0714. The predicted molar refractivity (Wildman–Crippen MR) is 140 cm³/mol. The van der Waals surface area contributed by atoms with E-state index in [1.54, 1.807) is 4.90 Å². The second kappa shape index (κ2) is 8.23. The lowest BCUT2D eigenvalue weighted by atomic mass is 9.85. The molecule has 0 aliphatic carbocycles. The average molecular weight is 466 g/mol. The Morgan fingerprint density at radius 2 is 1.51 bits per heavy atom. The molecule has 4 aromatic rings. The first-order valence-electron chi connectivity index (χ1n) is 12.1. The predicted octanol–water partition coefficient (Wildman–Crippen LogP) is 6.76. The van der Waals surface area contributed by atoms with E-state index in [1.807, 2.05) is 69.3 Å². The van der Waals surface area contributed by atoms with Gasteiger partial charge in [-0.3, -0.25) is 9.59 Å². The van der Waals surface area contributed by atoms with Gasteiger partial charge >= 0.3 is 0 Å². The number of amides is 1. The number of aryl methyl sites for hydroxylation is 3. The summed E-state index contributed by atoms with van der Waals surface area (Å²) in [4.78, 5) is 29.4. The van der Waals surface area contributed by atoms with Crippen LogP contribution in [0.3, 0.4) is 0 Å². The number of fused-ring (bicyclic) bond motifs is 2. The van der Waals surface area contributed by atoms with E-state index in [9.17, 15) is 9.59 Å². The van der Waals surface area contributed by atoms with Gasteiger partial charge in [-0.2, -0.15) is 0 Å². The number of carbonyl (C=O) groups is 1. The quantitative estimate of drug-likeness (QED) is 0.336. The van der Waals surface area contributed by atoms with Crippen LogP contribution in [0.4, 0.5) is 0 Å². The molecule has 2 heterocycles. The van der Waals surface area contributed by atoms with Crippen LogP contribution in [0.15, 0.2) is 69.9 Å². The summed E-state index contributed by atoms with van der Waals surface area (Å²) >= 11 is 0. The van der Waals surface area contributed by atoms with Gasteiger partial charge in [-0.15, -0.1) is 0 Å². The zero-order chi connectivity index (χ0) is 25.1. The van der Waals surface area contributed by atoms with Gasteiger partial charge in [0.15, 0.2) is 5.43 Å². The highest BCUT2D eigenvalue weighted by atomic mass is 16.3. The zero-order valence-electron chi connectivity index (χ0n) is 21.2. The molecule has 4 heteroatoms. The van der Waals surface area contributed by atoms with Gasteiger partial charge in [0.25, 0.3) is 5.91 Å². The lowest BCUT2D eigenvalue weighted by Crippen LogP contribution is -2.29. The van der Waals surface area contributed by atoms with Crippen molar-refractivity contribution in [1.29, 1.82) is 0 Å². The fourth-order valence-corrected chi connectivity index (χ4v) is 5.08. The topological polar surface area (TPSA) is 50.5 Å². The molecule has 1 atom stereocenters. The molecule has 0 saturated carbocycles. The zero-order valence-corrected chi connectivity index (χ0v) is 21.2. The van der Waals surface area contributed by atoms with Gasteiger partial charge in [0, 0.05) is 6.54 Å². The first kappa shape index (κ1) is 23.1. The highest BCUT2D eigenvalue weighted by Gasteiger charge is 2.43. The highest BCUT2D eigenvalue weighted by Crippen LogP contribution is 2.40. The van der Waals surface area contributed by atoms with Crippen molar-refractivity contribution < 1.29 is 9.21 Å². The van der Waals surface area contributed by atoms with E-state index in [1.165, 1.54) is 5.56 Å². The third kappa shape index (κ3) is 3.97. The minimum atomic E-state index is -0.505. The van der Waals surface area contributed by atoms with E-state index >= 15 is 0 Å². The maximum Gasteiger partial charge on any atom is 0.291 e. The van der Waals surface area contributed by atoms with Crippen molar-refractivity contribution in [2.24, 2.45) is 0 Å². The van der Waals surface area contributed by atoms with Crippen LogP contribution >= 0.6 is 0 Å². The second-order valence-electron chi connectivity index (χ2n) is 10.8. The van der Waals surface area contributed by atoms with Crippen LogP contribution in [0, 0.1) is 20.8 Å². The van der Waals surface area contributed by atoms with Gasteiger partial charge in [-0.05, 0) is 60.1 Å². The maximum absolute atomic E-state index is 13.9. The van der Waals surface area contributed by atoms with Crippen LogP contribution in [-0.4, -0.2) is 10.8 Å². The van der Waals surface area contributed by atoms with Gasteiger partial charge in [0.1, 0.15) is 5.58 Å². The normalized spacial score (nSPS) is 15.7. The molecule has 4 nitrogen and oxygen atoms in total. The molecule has 1 amide bonds. The Bertz CT molecular complexity index is 1500. The molecule has 1 aliphatic heterocycles. The smallest absolute Gasteiger partial charge is 0.291 e. The summed E-state index contributed by atoms with van der Waals surface area (Å²) in [5.74, 6) is -0.0897. The Morgan fingerprint density at radius 3 is 2.14 bits per heavy atom. The van der Waals surface area contributed by atoms with E-state index < -0.39 is 6.04 Å². The summed E-state index contributed by atoms with van der Waals surface area (Å²) in [7, 11) is 0. The first-order valence-corrected chi connectivity index (χ1v) is 12.1. The molecule has 0 fully saturated rings. The van der Waals surface area contributed by atoms with Crippen LogP contribution in [0.1, 0.15) is 76.3 Å². The third-order valence-corrected chi connectivity index (χ3v) is 6.98. The van der Waals surface area contributed by atoms with Crippen molar-refractivity contribution in [3.05, 3.63) is 116 Å². The molecule has 35 heavy (non-hydrogen) atoms. The van der Waals surface area contributed by atoms with Crippen LogP contribution in [0.5, 0.6) is 0 Å². The molecule has 0 saturated heterocycles. The van der Waals surface area contributed by atoms with Gasteiger partial charge in [-0.1, -0.05) is 80.9 Å². The van der Waals surface area contributed by atoms with Gasteiger partial charge < -0.3 is 9.32 Å². The van der Waals surface area contributed by atoms with Crippen molar-refractivity contribution in [2.45, 2.75) is 59.5 Å². The Hall–Kier alpha value is -3.66. The fourth-order valence-electron chi connectivity index (χ4n) is 5.08. The Morgan fingerprint density at radius 1 is 0.857 bits per heavy atom. The SMILES string of the molecule is Cc1ccc(CN2C(=O)c3oc4cc(C)cc(C)c4c(=O)c3C2c2ccc(C(C)(C)C)cc2)cc1. The molecule has 0 radical (unpaired) electrons. The van der Waals surface area contributed by atoms with Crippen LogP contribution in [0.2, 0.25) is 0 Å². The molecule has 0 spiro atoms. The molecule has 178 valence electrons. The fraction of sp³-hybridized carbons (Fsp3) is 0.290. The number of benzene rings is 3. The number of carbonyl (C=O) groups excluding carboxylic acids is 1. The number of hydrogen-bond donors (Lipinski definition) is 0. The molecule has 1 aromatic heterocycles. The standard InChI is InChI=1S/C31H31NO3/c1-18-7-9-21(10-8-18)17-32-27(22-11-13-23(14-12-22)31(4,5)6)26-28(33)25-20(3)15-19(2)16-24(25)35-29(26)30(32)34/h7-16,27H,17H2,1-6H3. The summed E-state index contributed by atoms with van der Waals surface area (Å²) in [6, 6.07) is 19.7. The molecule has 0 bridgehead atoms.